The number of nitrogens with one attached hydrogen (secondary N) is 1. The highest BCUT2D eigenvalue weighted by molar-refractivity contribution is 6.37. The van der Waals surface area contributed by atoms with Gasteiger partial charge in [0.1, 0.15) is 7.41 Å². The summed E-state index contributed by atoms with van der Waals surface area (Å²) in [5.41, 5.74) is 0. The number of quaternary nitrogens is 1. The molecule has 1 rings (SSSR count). The van der Waals surface area contributed by atoms with Crippen LogP contribution in [0.15, 0.2) is 17.4 Å². The van der Waals surface area contributed by atoms with Crippen LogP contribution in [0.4, 0.5) is 0 Å². The summed E-state index contributed by atoms with van der Waals surface area (Å²) >= 11 is 0. The van der Waals surface area contributed by atoms with Gasteiger partial charge < -0.3 is 4.81 Å². The lowest BCUT2D eigenvalue weighted by molar-refractivity contribution is -0.605. The molecular formula is C5H6BN3. The van der Waals surface area contributed by atoms with Gasteiger partial charge in [0, 0.05) is 6.92 Å². The van der Waals surface area contributed by atoms with E-state index in [0.717, 1.165) is 10.6 Å². The molecule has 0 bridgehead atoms. The minimum absolute atomic E-state index is 0.913. The lowest BCUT2D eigenvalue weighted by Gasteiger charge is -2.15. The van der Waals surface area contributed by atoms with Gasteiger partial charge in [-0.1, -0.05) is 0 Å². The fraction of sp³-hybridized carbons (Fsp3) is 0.200. The standard InChI is InChI=1S/C5H6BN3/c1-5-8-2-3-9(5)6-4-7/h2-3,9H,1H3. The first-order valence-corrected chi connectivity index (χ1v) is 2.65. The van der Waals surface area contributed by atoms with Gasteiger partial charge >= 0.3 is 0 Å². The largest absolute Gasteiger partial charge is 0.483 e. The van der Waals surface area contributed by atoms with Crippen molar-refractivity contribution in [1.29, 1.82) is 5.26 Å². The smallest absolute Gasteiger partial charge is 0.154 e. The van der Waals surface area contributed by atoms with Crippen molar-refractivity contribution in [2.45, 2.75) is 6.92 Å². The first-order valence-electron chi connectivity index (χ1n) is 2.65. The zero-order chi connectivity index (χ0) is 6.69. The molecule has 1 aliphatic heterocycles. The van der Waals surface area contributed by atoms with E-state index in [9.17, 15) is 0 Å². The van der Waals surface area contributed by atoms with E-state index >= 15 is 0 Å². The van der Waals surface area contributed by atoms with E-state index in [1.165, 1.54) is 7.41 Å². The molecule has 1 aliphatic rings. The number of nitriles is 1. The molecule has 0 aliphatic carbocycles. The number of hydrogen-bond acceptors (Lipinski definition) is 2. The molecule has 0 saturated carbocycles. The summed E-state index contributed by atoms with van der Waals surface area (Å²) in [6, 6.07) is 0. The molecule has 9 heavy (non-hydrogen) atoms. The first-order chi connectivity index (χ1) is 4.34. The molecule has 0 saturated heterocycles. The molecule has 0 aromatic rings. The Labute approximate surface area is 54.6 Å². The number of rotatable bonds is 1. The highest BCUT2D eigenvalue weighted by atomic mass is 15.1. The van der Waals surface area contributed by atoms with Crippen LogP contribution in [0.5, 0.6) is 0 Å². The van der Waals surface area contributed by atoms with Crippen LogP contribution in [-0.2, 0) is 0 Å². The molecule has 0 amide bonds. The van der Waals surface area contributed by atoms with E-state index in [1.54, 1.807) is 6.20 Å². The number of hydrogen-bond donors (Lipinski definition) is 1. The van der Waals surface area contributed by atoms with Gasteiger partial charge in [0.15, 0.2) is 5.84 Å². The highest BCUT2D eigenvalue weighted by Gasteiger charge is 2.02. The maximum atomic E-state index is 8.23. The Morgan fingerprint density at radius 2 is 2.67 bits per heavy atom. The van der Waals surface area contributed by atoms with Gasteiger partial charge in [0.25, 0.3) is 0 Å². The SMILES string of the molecule is CC1=NC=C[NH+]1[B-]C#N. The van der Waals surface area contributed by atoms with Gasteiger partial charge in [-0.25, -0.2) is 10.3 Å². The van der Waals surface area contributed by atoms with Crippen molar-refractivity contribution >= 4 is 13.3 Å². The second-order valence-corrected chi connectivity index (χ2v) is 1.76. The number of aliphatic imine (C=N–C) groups is 1. The lowest BCUT2D eigenvalue weighted by Crippen LogP contribution is -3.10. The van der Waals surface area contributed by atoms with Crippen molar-refractivity contribution in [2.24, 2.45) is 4.99 Å². The van der Waals surface area contributed by atoms with Crippen molar-refractivity contribution in [1.82, 2.24) is 0 Å². The van der Waals surface area contributed by atoms with Gasteiger partial charge in [-0.05, 0) is 0 Å². The molecule has 0 aromatic heterocycles. The number of amidine groups is 1. The normalized spacial score (nSPS) is 23.6. The summed E-state index contributed by atoms with van der Waals surface area (Å²) in [7, 11) is 1.49. The third-order valence-corrected chi connectivity index (χ3v) is 1.16. The second kappa shape index (κ2) is 2.47. The summed E-state index contributed by atoms with van der Waals surface area (Å²) in [5, 5.41) is 8.23. The third-order valence-electron chi connectivity index (χ3n) is 1.16. The van der Waals surface area contributed by atoms with Crippen LogP contribution < -0.4 is 4.81 Å². The van der Waals surface area contributed by atoms with Crippen molar-refractivity contribution < 1.29 is 4.81 Å². The molecule has 3 nitrogen and oxygen atoms in total. The molecule has 0 aromatic carbocycles. The Morgan fingerprint density at radius 1 is 1.89 bits per heavy atom. The van der Waals surface area contributed by atoms with Gasteiger partial charge in [0.05, 0.1) is 12.4 Å². The number of nitrogens with zero attached hydrogens (tertiary/aromatic N) is 2. The summed E-state index contributed by atoms with van der Waals surface area (Å²) in [6.45, 7) is 1.88. The van der Waals surface area contributed by atoms with Crippen LogP contribution in [-0.4, -0.2) is 13.3 Å². The monoisotopic (exact) mass is 119 g/mol. The minimum Gasteiger partial charge on any atom is -0.483 e. The summed E-state index contributed by atoms with van der Waals surface area (Å²) < 4.78 is 0. The molecule has 1 heterocycles. The van der Waals surface area contributed by atoms with E-state index in [1.807, 2.05) is 19.1 Å². The minimum atomic E-state index is 0.913. The van der Waals surface area contributed by atoms with Crippen LogP contribution in [0.2, 0.25) is 0 Å². The molecule has 2 radical (unpaired) electrons. The van der Waals surface area contributed by atoms with Crippen molar-refractivity contribution in [2.75, 3.05) is 0 Å². The molecule has 1 N–H and O–H groups in total. The van der Waals surface area contributed by atoms with E-state index in [4.69, 9.17) is 5.26 Å². The van der Waals surface area contributed by atoms with E-state index in [0.29, 0.717) is 0 Å². The molecule has 1 unspecified atom stereocenters. The Kier molecular flexibility index (Phi) is 1.66. The zero-order valence-corrected chi connectivity index (χ0v) is 5.13. The predicted molar refractivity (Wildman–Crippen MR) is 34.6 cm³/mol. The van der Waals surface area contributed by atoms with Crippen molar-refractivity contribution in [3.8, 4) is 5.97 Å². The van der Waals surface area contributed by atoms with Crippen molar-refractivity contribution in [3.05, 3.63) is 12.4 Å². The predicted octanol–water partition coefficient (Wildman–Crippen LogP) is -1.13. The molecule has 0 spiro atoms. The van der Waals surface area contributed by atoms with Crippen LogP contribution >= 0.6 is 0 Å². The Balaban J connectivity index is 2.55. The Bertz CT molecular complexity index is 201. The van der Waals surface area contributed by atoms with E-state index in [2.05, 4.69) is 4.99 Å². The third kappa shape index (κ3) is 1.18. The molecule has 1 atom stereocenters. The van der Waals surface area contributed by atoms with Crippen LogP contribution in [0.1, 0.15) is 6.92 Å². The van der Waals surface area contributed by atoms with Gasteiger partial charge in [-0.3, -0.25) is 0 Å². The topological polar surface area (TPSA) is 40.6 Å². The van der Waals surface area contributed by atoms with Crippen molar-refractivity contribution in [3.63, 3.8) is 0 Å². The fourth-order valence-corrected chi connectivity index (χ4v) is 0.647. The quantitative estimate of drug-likeness (QED) is 0.436. The summed E-state index contributed by atoms with van der Waals surface area (Å²) in [4.78, 5) is 4.87. The second-order valence-electron chi connectivity index (χ2n) is 1.76. The fourth-order valence-electron chi connectivity index (χ4n) is 0.647. The lowest BCUT2D eigenvalue weighted by atomic mass is 9.95. The summed E-state index contributed by atoms with van der Waals surface area (Å²) in [6.07, 6.45) is 3.51. The van der Waals surface area contributed by atoms with Gasteiger partial charge in [-0.15, -0.1) is 5.97 Å². The molecule has 4 heteroatoms. The average molecular weight is 119 g/mol. The van der Waals surface area contributed by atoms with Crippen LogP contribution in [0, 0.1) is 11.2 Å². The first kappa shape index (κ1) is 6.05. The highest BCUT2D eigenvalue weighted by Crippen LogP contribution is 1.76. The summed E-state index contributed by atoms with van der Waals surface area (Å²) in [5.74, 6) is 2.86. The Hall–Kier alpha value is -1.08. The molecular weight excluding hydrogens is 113 g/mol. The van der Waals surface area contributed by atoms with Crippen LogP contribution in [0.3, 0.4) is 0 Å². The molecule has 0 fully saturated rings. The Morgan fingerprint density at radius 3 is 3.11 bits per heavy atom. The zero-order valence-electron chi connectivity index (χ0n) is 5.13. The van der Waals surface area contributed by atoms with Gasteiger partial charge in [-0.2, -0.15) is 0 Å². The van der Waals surface area contributed by atoms with Crippen LogP contribution in [0.25, 0.3) is 0 Å². The maximum absolute atomic E-state index is 8.23. The van der Waals surface area contributed by atoms with E-state index in [-0.39, 0.29) is 0 Å². The van der Waals surface area contributed by atoms with E-state index < -0.39 is 0 Å². The average Bonchev–Trinajstić information content (AvgIpc) is 2.18. The van der Waals surface area contributed by atoms with Gasteiger partial charge in [0.2, 0.25) is 0 Å². The maximum Gasteiger partial charge on any atom is 0.154 e. The molecule has 44 valence electrons.